The van der Waals surface area contributed by atoms with Crippen molar-refractivity contribution in [2.24, 2.45) is 0 Å². The van der Waals surface area contributed by atoms with E-state index >= 15 is 0 Å². The molecule has 0 amide bonds. The molecule has 0 aliphatic heterocycles. The second-order valence-corrected chi connectivity index (χ2v) is 4.95. The third-order valence-corrected chi connectivity index (χ3v) is 2.88. The Labute approximate surface area is 113 Å². The van der Waals surface area contributed by atoms with Gasteiger partial charge in [-0.15, -0.1) is 0 Å². The maximum Gasteiger partial charge on any atom is 0.124 e. The van der Waals surface area contributed by atoms with Crippen molar-refractivity contribution in [3.05, 3.63) is 34.6 Å². The quantitative estimate of drug-likeness (QED) is 0.728. The lowest BCUT2D eigenvalue weighted by molar-refractivity contribution is 0.0760. The minimum atomic E-state index is -0.297. The summed E-state index contributed by atoms with van der Waals surface area (Å²) in [4.78, 5) is 0. The number of hydrogen-bond acceptors (Lipinski definition) is 2. The van der Waals surface area contributed by atoms with Crippen LogP contribution in [0.4, 0.5) is 4.39 Å². The van der Waals surface area contributed by atoms with Crippen LogP contribution in [0, 0.1) is 5.82 Å². The van der Waals surface area contributed by atoms with Crippen LogP contribution < -0.4 is 5.32 Å². The van der Waals surface area contributed by atoms with E-state index in [4.69, 9.17) is 16.3 Å². The van der Waals surface area contributed by atoms with Crippen molar-refractivity contribution in [3.8, 4) is 0 Å². The SMILES string of the molecule is CC(C)OCCCCNCc1ccc(F)cc1Cl. The Morgan fingerprint density at radius 3 is 2.78 bits per heavy atom. The third-order valence-electron chi connectivity index (χ3n) is 2.53. The van der Waals surface area contributed by atoms with Crippen LogP contribution in [-0.4, -0.2) is 19.3 Å². The molecule has 0 aliphatic rings. The van der Waals surface area contributed by atoms with Gasteiger partial charge in [-0.3, -0.25) is 0 Å². The molecule has 0 fully saturated rings. The minimum absolute atomic E-state index is 0.297. The van der Waals surface area contributed by atoms with Crippen molar-refractivity contribution in [3.63, 3.8) is 0 Å². The summed E-state index contributed by atoms with van der Waals surface area (Å²) in [5.41, 5.74) is 0.927. The van der Waals surface area contributed by atoms with Crippen molar-refractivity contribution in [2.45, 2.75) is 39.3 Å². The largest absolute Gasteiger partial charge is 0.379 e. The average Bonchev–Trinajstić information content (AvgIpc) is 2.30. The second kappa shape index (κ2) is 8.46. The van der Waals surface area contributed by atoms with Crippen molar-refractivity contribution in [1.82, 2.24) is 5.32 Å². The standard InChI is InChI=1S/C14H21ClFNO/c1-11(2)18-8-4-3-7-17-10-12-5-6-13(16)9-14(12)15/h5-6,9,11,17H,3-4,7-8,10H2,1-2H3. The van der Waals surface area contributed by atoms with Crippen LogP contribution >= 0.6 is 11.6 Å². The van der Waals surface area contributed by atoms with Gasteiger partial charge in [-0.1, -0.05) is 17.7 Å². The lowest BCUT2D eigenvalue weighted by Gasteiger charge is -2.08. The lowest BCUT2D eigenvalue weighted by Crippen LogP contribution is -2.16. The maximum absolute atomic E-state index is 12.8. The maximum atomic E-state index is 12.8. The Morgan fingerprint density at radius 1 is 1.33 bits per heavy atom. The molecule has 0 bridgehead atoms. The summed E-state index contributed by atoms with van der Waals surface area (Å²) >= 11 is 5.93. The Morgan fingerprint density at radius 2 is 2.11 bits per heavy atom. The highest BCUT2D eigenvalue weighted by Crippen LogP contribution is 2.16. The molecule has 0 saturated heterocycles. The van der Waals surface area contributed by atoms with Crippen LogP contribution in [0.1, 0.15) is 32.3 Å². The monoisotopic (exact) mass is 273 g/mol. The molecule has 0 saturated carbocycles. The molecule has 18 heavy (non-hydrogen) atoms. The number of benzene rings is 1. The highest BCUT2D eigenvalue weighted by molar-refractivity contribution is 6.31. The first-order valence-corrected chi connectivity index (χ1v) is 6.73. The number of halogens is 2. The zero-order valence-electron chi connectivity index (χ0n) is 11.0. The van der Waals surface area contributed by atoms with Gasteiger partial charge in [0, 0.05) is 18.2 Å². The normalized spacial score (nSPS) is 11.2. The Kier molecular flexibility index (Phi) is 7.25. The van der Waals surface area contributed by atoms with Gasteiger partial charge < -0.3 is 10.1 Å². The van der Waals surface area contributed by atoms with Crippen LogP contribution in [0.25, 0.3) is 0 Å². The fourth-order valence-corrected chi connectivity index (χ4v) is 1.79. The van der Waals surface area contributed by atoms with Gasteiger partial charge in [0.25, 0.3) is 0 Å². The van der Waals surface area contributed by atoms with Crippen molar-refractivity contribution in [2.75, 3.05) is 13.2 Å². The highest BCUT2D eigenvalue weighted by atomic mass is 35.5. The molecular weight excluding hydrogens is 253 g/mol. The van der Waals surface area contributed by atoms with Gasteiger partial charge >= 0.3 is 0 Å². The first-order valence-electron chi connectivity index (χ1n) is 6.36. The van der Waals surface area contributed by atoms with Crippen molar-refractivity contribution < 1.29 is 9.13 Å². The third kappa shape index (κ3) is 6.34. The van der Waals surface area contributed by atoms with Gasteiger partial charge in [-0.25, -0.2) is 4.39 Å². The fraction of sp³-hybridized carbons (Fsp3) is 0.571. The number of rotatable bonds is 8. The summed E-state index contributed by atoms with van der Waals surface area (Å²) in [5.74, 6) is -0.297. The minimum Gasteiger partial charge on any atom is -0.379 e. The van der Waals surface area contributed by atoms with E-state index < -0.39 is 0 Å². The van der Waals surface area contributed by atoms with Gasteiger partial charge in [0.05, 0.1) is 6.10 Å². The first kappa shape index (κ1) is 15.4. The number of hydrogen-bond donors (Lipinski definition) is 1. The molecule has 0 atom stereocenters. The van der Waals surface area contributed by atoms with Crippen LogP contribution in [0.3, 0.4) is 0 Å². The number of unbranched alkanes of at least 4 members (excludes halogenated alkanes) is 1. The van der Waals surface area contributed by atoms with Crippen molar-refractivity contribution in [1.29, 1.82) is 0 Å². The lowest BCUT2D eigenvalue weighted by atomic mass is 10.2. The topological polar surface area (TPSA) is 21.3 Å². The summed E-state index contributed by atoms with van der Waals surface area (Å²) in [5, 5.41) is 3.77. The van der Waals surface area contributed by atoms with Crippen LogP contribution in [0.2, 0.25) is 5.02 Å². The van der Waals surface area contributed by atoms with E-state index in [1.54, 1.807) is 6.07 Å². The number of ether oxygens (including phenoxy) is 1. The summed E-state index contributed by atoms with van der Waals surface area (Å²) in [7, 11) is 0. The molecule has 1 aromatic rings. The van der Waals surface area contributed by atoms with Gasteiger partial charge in [0.2, 0.25) is 0 Å². The molecule has 1 N–H and O–H groups in total. The molecule has 1 aromatic carbocycles. The van der Waals surface area contributed by atoms with E-state index in [-0.39, 0.29) is 5.82 Å². The van der Waals surface area contributed by atoms with Crippen LogP contribution in [0.15, 0.2) is 18.2 Å². The summed E-state index contributed by atoms with van der Waals surface area (Å²) in [6.07, 6.45) is 2.41. The second-order valence-electron chi connectivity index (χ2n) is 4.54. The molecule has 0 spiro atoms. The predicted molar refractivity (Wildman–Crippen MR) is 73.4 cm³/mol. The Bertz CT molecular complexity index is 358. The molecule has 0 aromatic heterocycles. The molecule has 1 rings (SSSR count). The molecule has 0 heterocycles. The van der Waals surface area contributed by atoms with Gasteiger partial charge in [0.15, 0.2) is 0 Å². The van der Waals surface area contributed by atoms with E-state index in [1.807, 2.05) is 13.8 Å². The summed E-state index contributed by atoms with van der Waals surface area (Å²) < 4.78 is 18.3. The predicted octanol–water partition coefficient (Wildman–Crippen LogP) is 3.77. The van der Waals surface area contributed by atoms with E-state index in [1.165, 1.54) is 12.1 Å². The smallest absolute Gasteiger partial charge is 0.124 e. The van der Waals surface area contributed by atoms with Gasteiger partial charge in [-0.2, -0.15) is 0 Å². The molecule has 0 aliphatic carbocycles. The van der Waals surface area contributed by atoms with E-state index in [0.29, 0.717) is 17.7 Å². The van der Waals surface area contributed by atoms with Gasteiger partial charge in [-0.05, 0) is 50.9 Å². The van der Waals surface area contributed by atoms with Crippen LogP contribution in [0.5, 0.6) is 0 Å². The van der Waals surface area contributed by atoms with E-state index in [9.17, 15) is 4.39 Å². The summed E-state index contributed by atoms with van der Waals surface area (Å²) in [6, 6.07) is 4.49. The molecule has 2 nitrogen and oxygen atoms in total. The van der Waals surface area contributed by atoms with Crippen LogP contribution in [-0.2, 0) is 11.3 Å². The summed E-state index contributed by atoms with van der Waals surface area (Å²) in [6.45, 7) is 6.46. The Balaban J connectivity index is 2.11. The van der Waals surface area contributed by atoms with Crippen molar-refractivity contribution >= 4 is 11.6 Å². The zero-order chi connectivity index (χ0) is 13.4. The molecule has 0 unspecified atom stereocenters. The molecule has 102 valence electrons. The molecule has 0 radical (unpaired) electrons. The first-order chi connectivity index (χ1) is 8.59. The molecular formula is C14H21ClFNO. The molecule has 4 heteroatoms. The van der Waals surface area contributed by atoms with E-state index in [0.717, 1.165) is 31.6 Å². The van der Waals surface area contributed by atoms with E-state index in [2.05, 4.69) is 5.32 Å². The van der Waals surface area contributed by atoms with Gasteiger partial charge in [0.1, 0.15) is 5.82 Å². The fourth-order valence-electron chi connectivity index (χ4n) is 1.56. The Hall–Kier alpha value is -0.640. The number of nitrogens with one attached hydrogen (secondary N) is 1. The average molecular weight is 274 g/mol. The highest BCUT2D eigenvalue weighted by Gasteiger charge is 2.01. The zero-order valence-corrected chi connectivity index (χ0v) is 11.8.